The lowest BCUT2D eigenvalue weighted by atomic mass is 9.99. The van der Waals surface area contributed by atoms with Gasteiger partial charge in [-0.05, 0) is 68.0 Å². The number of esters is 1. The van der Waals surface area contributed by atoms with Crippen molar-refractivity contribution in [1.82, 2.24) is 0 Å². The Kier molecular flexibility index (Phi) is 5.59. The molecule has 6 heteroatoms. The Hall–Kier alpha value is -2.57. The van der Waals surface area contributed by atoms with Crippen LogP contribution in [0.3, 0.4) is 0 Å². The second kappa shape index (κ2) is 8.52. The lowest BCUT2D eigenvalue weighted by Gasteiger charge is -2.33. The summed E-state index contributed by atoms with van der Waals surface area (Å²) >= 11 is 3.17. The molecule has 1 aromatic heterocycles. The van der Waals surface area contributed by atoms with Gasteiger partial charge in [0, 0.05) is 14.7 Å². The number of rotatable bonds is 4. The summed E-state index contributed by atoms with van der Waals surface area (Å²) in [7, 11) is 0. The zero-order chi connectivity index (χ0) is 21.4. The third-order valence-corrected chi connectivity index (χ3v) is 8.09. The largest absolute Gasteiger partial charge is 0.448 e. The zero-order valence-electron chi connectivity index (χ0n) is 17.3. The molecule has 3 aromatic rings. The number of hydrogen-bond donors (Lipinski definition) is 0. The second-order valence-corrected chi connectivity index (χ2v) is 10.0. The molecule has 1 aliphatic heterocycles. The molecular formula is C25H23NO3S2. The van der Waals surface area contributed by atoms with Crippen molar-refractivity contribution in [3.63, 3.8) is 0 Å². The second-order valence-electron chi connectivity index (χ2n) is 7.78. The van der Waals surface area contributed by atoms with Gasteiger partial charge in [0.15, 0.2) is 6.10 Å². The Balaban J connectivity index is 1.43. The lowest BCUT2D eigenvalue weighted by molar-refractivity contribution is -0.126. The highest BCUT2D eigenvalue weighted by Gasteiger charge is 2.34. The Morgan fingerprint density at radius 3 is 2.29 bits per heavy atom. The van der Waals surface area contributed by atoms with Gasteiger partial charge in [-0.1, -0.05) is 43.0 Å². The van der Waals surface area contributed by atoms with Gasteiger partial charge >= 0.3 is 5.97 Å². The number of aryl methyl sites for hydroxylation is 2. The highest BCUT2D eigenvalue weighted by Crippen LogP contribution is 2.48. The molecular weight excluding hydrogens is 426 g/mol. The maximum absolute atomic E-state index is 13.7. The summed E-state index contributed by atoms with van der Waals surface area (Å²) in [5.41, 5.74) is 2.92. The SMILES string of the molecule is CCC(OC(=O)c1cc2c(s1)CCCC2)C(=O)N1c2ccccc2Sc2ccccc21. The number of ether oxygens (including phenoxy) is 1. The molecule has 1 amide bonds. The number of para-hydroxylation sites is 2. The van der Waals surface area contributed by atoms with Crippen LogP contribution in [0.1, 0.15) is 46.3 Å². The molecule has 0 bridgehead atoms. The van der Waals surface area contributed by atoms with Crippen LogP contribution >= 0.6 is 23.1 Å². The molecule has 2 aromatic carbocycles. The van der Waals surface area contributed by atoms with Crippen LogP contribution in [0, 0.1) is 0 Å². The van der Waals surface area contributed by atoms with Crippen LogP contribution in [0.4, 0.5) is 11.4 Å². The first kappa shape index (κ1) is 20.3. The number of hydrogen-bond acceptors (Lipinski definition) is 5. The number of fused-ring (bicyclic) bond motifs is 3. The molecule has 0 saturated carbocycles. The number of anilines is 2. The number of nitrogens with zero attached hydrogens (tertiary/aromatic N) is 1. The molecule has 4 nitrogen and oxygen atoms in total. The molecule has 2 aliphatic rings. The van der Waals surface area contributed by atoms with Gasteiger partial charge in [0.05, 0.1) is 11.4 Å². The topological polar surface area (TPSA) is 46.6 Å². The van der Waals surface area contributed by atoms with Crippen molar-refractivity contribution < 1.29 is 14.3 Å². The molecule has 1 atom stereocenters. The van der Waals surface area contributed by atoms with Gasteiger partial charge in [0.2, 0.25) is 0 Å². The average molecular weight is 450 g/mol. The number of carbonyl (C=O) groups excluding carboxylic acids is 2. The van der Waals surface area contributed by atoms with Crippen LogP contribution in [0.2, 0.25) is 0 Å². The van der Waals surface area contributed by atoms with Crippen LogP contribution in [0.25, 0.3) is 0 Å². The zero-order valence-corrected chi connectivity index (χ0v) is 18.9. The molecule has 0 saturated heterocycles. The van der Waals surface area contributed by atoms with Crippen molar-refractivity contribution in [2.24, 2.45) is 0 Å². The predicted octanol–water partition coefficient (Wildman–Crippen LogP) is 6.39. The fraction of sp³-hybridized carbons (Fsp3) is 0.280. The van der Waals surface area contributed by atoms with Crippen molar-refractivity contribution in [2.75, 3.05) is 4.90 Å². The van der Waals surface area contributed by atoms with Crippen molar-refractivity contribution in [2.45, 2.75) is 54.9 Å². The first-order valence-corrected chi connectivity index (χ1v) is 12.3. The Bertz CT molecular complexity index is 1080. The Morgan fingerprint density at radius 1 is 1.00 bits per heavy atom. The molecule has 0 N–H and O–H groups in total. The average Bonchev–Trinajstić information content (AvgIpc) is 3.25. The van der Waals surface area contributed by atoms with Crippen molar-refractivity contribution in [1.29, 1.82) is 0 Å². The fourth-order valence-corrected chi connectivity index (χ4v) is 6.37. The van der Waals surface area contributed by atoms with Crippen LogP contribution in [-0.4, -0.2) is 18.0 Å². The normalized spacial score (nSPS) is 15.5. The molecule has 0 fully saturated rings. The molecule has 1 unspecified atom stereocenters. The first-order chi connectivity index (χ1) is 15.2. The number of carbonyl (C=O) groups is 2. The van der Waals surface area contributed by atoms with Crippen molar-refractivity contribution in [3.05, 3.63) is 69.9 Å². The van der Waals surface area contributed by atoms with Gasteiger partial charge in [-0.2, -0.15) is 0 Å². The summed E-state index contributed by atoms with van der Waals surface area (Å²) < 4.78 is 5.78. The fourth-order valence-electron chi connectivity index (χ4n) is 4.17. The molecule has 2 heterocycles. The maximum atomic E-state index is 13.7. The predicted molar refractivity (Wildman–Crippen MR) is 125 cm³/mol. The van der Waals surface area contributed by atoms with E-state index in [4.69, 9.17) is 4.74 Å². The third kappa shape index (κ3) is 3.79. The minimum absolute atomic E-state index is 0.211. The highest BCUT2D eigenvalue weighted by atomic mass is 32.2. The van der Waals surface area contributed by atoms with Gasteiger partial charge in [0.25, 0.3) is 5.91 Å². The lowest BCUT2D eigenvalue weighted by Crippen LogP contribution is -2.39. The number of benzene rings is 2. The van der Waals surface area contributed by atoms with E-state index in [0.29, 0.717) is 11.3 Å². The first-order valence-electron chi connectivity index (χ1n) is 10.7. The summed E-state index contributed by atoms with van der Waals surface area (Å²) in [6, 6.07) is 17.7. The summed E-state index contributed by atoms with van der Waals surface area (Å²) in [5, 5.41) is 0. The van der Waals surface area contributed by atoms with Gasteiger partial charge in [-0.3, -0.25) is 9.69 Å². The van der Waals surface area contributed by atoms with Crippen molar-refractivity contribution >= 4 is 46.3 Å². The summed E-state index contributed by atoms with van der Waals surface area (Å²) in [6.45, 7) is 1.88. The monoisotopic (exact) mass is 449 g/mol. The highest BCUT2D eigenvalue weighted by molar-refractivity contribution is 7.99. The van der Waals surface area contributed by atoms with Gasteiger partial charge < -0.3 is 4.74 Å². The van der Waals surface area contributed by atoms with E-state index in [9.17, 15) is 9.59 Å². The van der Waals surface area contributed by atoms with Crippen LogP contribution in [0.5, 0.6) is 0 Å². The minimum atomic E-state index is -0.837. The van der Waals surface area contributed by atoms with Crippen LogP contribution in [-0.2, 0) is 22.4 Å². The third-order valence-electron chi connectivity index (χ3n) is 5.75. The van der Waals surface area contributed by atoms with E-state index in [1.165, 1.54) is 34.6 Å². The van der Waals surface area contributed by atoms with E-state index in [2.05, 4.69) is 0 Å². The molecule has 1 aliphatic carbocycles. The van der Waals surface area contributed by atoms with E-state index in [-0.39, 0.29) is 5.91 Å². The smallest absolute Gasteiger partial charge is 0.349 e. The summed E-state index contributed by atoms with van der Waals surface area (Å²) in [5.74, 6) is -0.607. The van der Waals surface area contributed by atoms with Crippen LogP contribution < -0.4 is 4.90 Å². The Morgan fingerprint density at radius 2 is 1.65 bits per heavy atom. The standard InChI is InChI=1S/C25H23NO3S2/c1-2-19(29-25(28)23-15-16-9-3-6-12-20(16)30-23)24(27)26-17-10-4-7-13-21(17)31-22-14-8-5-11-18(22)26/h4-5,7-8,10-11,13-15,19H,2-3,6,9,12H2,1H3. The van der Waals surface area contributed by atoms with Gasteiger partial charge in [-0.25, -0.2) is 4.79 Å². The summed E-state index contributed by atoms with van der Waals surface area (Å²) in [4.78, 5) is 32.2. The maximum Gasteiger partial charge on any atom is 0.349 e. The summed E-state index contributed by atoms with van der Waals surface area (Å²) in [6.07, 6.45) is 3.97. The minimum Gasteiger partial charge on any atom is -0.448 e. The van der Waals surface area contributed by atoms with E-state index >= 15 is 0 Å². The van der Waals surface area contributed by atoms with Crippen molar-refractivity contribution in [3.8, 4) is 0 Å². The van der Waals surface area contributed by atoms with Crippen LogP contribution in [0.15, 0.2) is 64.4 Å². The Labute approximate surface area is 190 Å². The molecule has 158 valence electrons. The number of amides is 1. The van der Waals surface area contributed by atoms with Gasteiger partial charge in [0.1, 0.15) is 4.88 Å². The van der Waals surface area contributed by atoms with E-state index in [1.54, 1.807) is 16.7 Å². The molecule has 0 radical (unpaired) electrons. The molecule has 0 spiro atoms. The van der Waals surface area contributed by atoms with E-state index in [0.717, 1.165) is 34.0 Å². The quantitative estimate of drug-likeness (QED) is 0.433. The van der Waals surface area contributed by atoms with E-state index in [1.807, 2.05) is 61.5 Å². The van der Waals surface area contributed by atoms with E-state index < -0.39 is 12.1 Å². The molecule has 5 rings (SSSR count). The molecule has 31 heavy (non-hydrogen) atoms. The van der Waals surface area contributed by atoms with Gasteiger partial charge in [-0.15, -0.1) is 11.3 Å². The number of thiophene rings is 1.